The molecule has 0 aliphatic carbocycles. The number of aromatic nitrogens is 4. The van der Waals surface area contributed by atoms with Gasteiger partial charge in [-0.1, -0.05) is 4.85 Å². The van der Waals surface area contributed by atoms with Crippen molar-refractivity contribution >= 4 is 0 Å². The molecule has 1 radical (unpaired) electrons. The Bertz CT molecular complexity index is 281. The van der Waals surface area contributed by atoms with Gasteiger partial charge in [-0.3, -0.25) is 0 Å². The van der Waals surface area contributed by atoms with Crippen molar-refractivity contribution in [3.8, 4) is 0 Å². The predicted octanol–water partition coefficient (Wildman–Crippen LogP) is -0.305. The highest BCUT2D eigenvalue weighted by Gasteiger charge is 1.97. The van der Waals surface area contributed by atoms with Gasteiger partial charge in [-0.05, 0) is 22.6 Å². The number of nitrogens with zero attached hydrogens (tertiary/aromatic N) is 4. The molecular formula is C6H5N4O2. The summed E-state index contributed by atoms with van der Waals surface area (Å²) < 4.78 is 5.01. The Labute approximate surface area is 67.7 Å². The van der Waals surface area contributed by atoms with Crippen molar-refractivity contribution in [3.05, 3.63) is 30.5 Å². The average Bonchev–Trinajstić information content (AvgIpc) is 2.74. The molecule has 0 spiro atoms. The smallest absolute Gasteiger partial charge is 0.264 e. The molecule has 0 aliphatic rings. The van der Waals surface area contributed by atoms with E-state index in [9.17, 15) is 0 Å². The summed E-state index contributed by atoms with van der Waals surface area (Å²) in [5.74, 6) is 0.707. The Balaban J connectivity index is 1.91. The topological polar surface area (TPSA) is 66.0 Å². The highest BCUT2D eigenvalue weighted by molar-refractivity contribution is 4.95. The van der Waals surface area contributed by atoms with Gasteiger partial charge in [0.15, 0.2) is 6.61 Å². The first-order chi connectivity index (χ1) is 5.95. The van der Waals surface area contributed by atoms with Crippen LogP contribution >= 0.6 is 0 Å². The highest BCUT2D eigenvalue weighted by Crippen LogP contribution is 1.98. The summed E-state index contributed by atoms with van der Waals surface area (Å²) in [5.41, 5.74) is 0. The van der Waals surface area contributed by atoms with Crippen LogP contribution in [-0.4, -0.2) is 20.4 Å². The molecule has 2 aromatic rings. The van der Waals surface area contributed by atoms with Crippen molar-refractivity contribution in [1.82, 2.24) is 20.4 Å². The van der Waals surface area contributed by atoms with Gasteiger partial charge >= 0.3 is 0 Å². The molecular weight excluding hydrogens is 160 g/mol. The van der Waals surface area contributed by atoms with E-state index in [0.717, 1.165) is 4.85 Å². The van der Waals surface area contributed by atoms with Gasteiger partial charge in [-0.25, -0.2) is 0 Å². The first-order valence-electron chi connectivity index (χ1n) is 3.27. The number of rotatable bonds is 3. The molecule has 0 fully saturated rings. The van der Waals surface area contributed by atoms with Gasteiger partial charge in [0.1, 0.15) is 5.76 Å². The van der Waals surface area contributed by atoms with Crippen LogP contribution in [0.4, 0.5) is 0 Å². The van der Waals surface area contributed by atoms with Crippen molar-refractivity contribution in [1.29, 1.82) is 0 Å². The van der Waals surface area contributed by atoms with Crippen LogP contribution in [0.25, 0.3) is 0 Å². The molecule has 61 valence electrons. The molecule has 12 heavy (non-hydrogen) atoms. The SMILES string of the molecule is [c]1nnnn1OCc1ccco1. The Hall–Kier alpha value is -1.85. The Kier molecular flexibility index (Phi) is 1.73. The Morgan fingerprint density at radius 2 is 2.67 bits per heavy atom. The van der Waals surface area contributed by atoms with Crippen molar-refractivity contribution in [2.24, 2.45) is 0 Å². The second-order valence-corrected chi connectivity index (χ2v) is 2.00. The summed E-state index contributed by atoms with van der Waals surface area (Å²) in [7, 11) is 0. The van der Waals surface area contributed by atoms with Crippen molar-refractivity contribution in [3.63, 3.8) is 0 Å². The summed E-state index contributed by atoms with van der Waals surface area (Å²) in [5, 5.41) is 10.1. The summed E-state index contributed by atoms with van der Waals surface area (Å²) in [4.78, 5) is 6.07. The first-order valence-corrected chi connectivity index (χ1v) is 3.27. The van der Waals surface area contributed by atoms with Gasteiger partial charge in [0.25, 0.3) is 6.33 Å². The van der Waals surface area contributed by atoms with Crippen molar-refractivity contribution < 1.29 is 9.25 Å². The lowest BCUT2D eigenvalue weighted by Gasteiger charge is -1.97. The summed E-state index contributed by atoms with van der Waals surface area (Å²) in [6, 6.07) is 3.58. The van der Waals surface area contributed by atoms with Crippen LogP contribution in [0, 0.1) is 6.33 Å². The number of furan rings is 1. The third kappa shape index (κ3) is 1.42. The highest BCUT2D eigenvalue weighted by atomic mass is 16.7. The zero-order chi connectivity index (χ0) is 8.23. The average molecular weight is 165 g/mol. The van der Waals surface area contributed by atoms with E-state index in [1.807, 2.05) is 0 Å². The van der Waals surface area contributed by atoms with Crippen LogP contribution in [0.1, 0.15) is 5.76 Å². The maximum atomic E-state index is 5.02. The quantitative estimate of drug-likeness (QED) is 0.624. The molecule has 0 aromatic carbocycles. The molecule has 0 saturated heterocycles. The molecule has 0 N–H and O–H groups in total. The Morgan fingerprint density at radius 3 is 3.33 bits per heavy atom. The molecule has 0 aliphatic heterocycles. The first kappa shape index (κ1) is 6.84. The number of hydrogen-bond donors (Lipinski definition) is 0. The maximum absolute atomic E-state index is 5.02. The third-order valence-electron chi connectivity index (χ3n) is 1.21. The minimum atomic E-state index is 0.286. The molecule has 0 amide bonds. The van der Waals surface area contributed by atoms with E-state index in [1.54, 1.807) is 18.4 Å². The molecule has 6 heteroatoms. The summed E-state index contributed by atoms with van der Waals surface area (Å²) >= 11 is 0. The number of tetrazole rings is 1. The second-order valence-electron chi connectivity index (χ2n) is 2.00. The zero-order valence-corrected chi connectivity index (χ0v) is 6.04. The maximum Gasteiger partial charge on any atom is 0.264 e. The fourth-order valence-corrected chi connectivity index (χ4v) is 0.709. The predicted molar refractivity (Wildman–Crippen MR) is 35.6 cm³/mol. The van der Waals surface area contributed by atoms with Crippen LogP contribution in [0.15, 0.2) is 22.8 Å². The van der Waals surface area contributed by atoms with E-state index >= 15 is 0 Å². The van der Waals surface area contributed by atoms with Crippen molar-refractivity contribution in [2.75, 3.05) is 0 Å². The van der Waals surface area contributed by atoms with Gasteiger partial charge < -0.3 is 9.25 Å². The summed E-state index contributed by atoms with van der Waals surface area (Å²) in [6.07, 6.45) is 3.95. The van der Waals surface area contributed by atoms with Crippen LogP contribution in [-0.2, 0) is 6.61 Å². The summed E-state index contributed by atoms with van der Waals surface area (Å²) in [6.45, 7) is 0.286. The van der Waals surface area contributed by atoms with E-state index in [2.05, 4.69) is 21.9 Å². The molecule has 2 aromatic heterocycles. The second kappa shape index (κ2) is 3.04. The molecule has 0 unspecified atom stereocenters. The molecule has 2 rings (SSSR count). The largest absolute Gasteiger partial charge is 0.466 e. The van der Waals surface area contributed by atoms with E-state index in [0.29, 0.717) is 5.76 Å². The minimum absolute atomic E-state index is 0.286. The fraction of sp³-hybridized carbons (Fsp3) is 0.167. The molecule has 0 atom stereocenters. The van der Waals surface area contributed by atoms with Crippen LogP contribution in [0.3, 0.4) is 0 Å². The van der Waals surface area contributed by atoms with Gasteiger partial charge in [0, 0.05) is 0 Å². The van der Waals surface area contributed by atoms with E-state index in [-0.39, 0.29) is 6.61 Å². The van der Waals surface area contributed by atoms with Gasteiger partial charge in [0.05, 0.1) is 6.26 Å². The normalized spacial score (nSPS) is 10.0. The van der Waals surface area contributed by atoms with Crippen LogP contribution in [0.5, 0.6) is 0 Å². The Morgan fingerprint density at radius 1 is 1.67 bits per heavy atom. The molecule has 0 bridgehead atoms. The lowest BCUT2D eigenvalue weighted by atomic mass is 10.5. The molecule has 6 nitrogen and oxygen atoms in total. The zero-order valence-electron chi connectivity index (χ0n) is 6.04. The fourth-order valence-electron chi connectivity index (χ4n) is 0.709. The van der Waals surface area contributed by atoms with Gasteiger partial charge in [0.2, 0.25) is 0 Å². The van der Waals surface area contributed by atoms with E-state index in [4.69, 9.17) is 9.25 Å². The van der Waals surface area contributed by atoms with Crippen LogP contribution in [0.2, 0.25) is 0 Å². The standard InChI is InChI=1S/C6H5N4O2/c1-2-6(11-3-1)4-12-10-5-7-8-9-10/h1-3H,4H2. The van der Waals surface area contributed by atoms with Gasteiger partial charge in [-0.15, -0.1) is 5.10 Å². The number of hydrogen-bond acceptors (Lipinski definition) is 5. The van der Waals surface area contributed by atoms with E-state index < -0.39 is 0 Å². The van der Waals surface area contributed by atoms with Crippen molar-refractivity contribution in [2.45, 2.75) is 6.61 Å². The molecule has 0 saturated carbocycles. The lowest BCUT2D eigenvalue weighted by molar-refractivity contribution is 0.0539. The monoisotopic (exact) mass is 165 g/mol. The lowest BCUT2D eigenvalue weighted by Crippen LogP contribution is -2.11. The molecule has 2 heterocycles. The van der Waals surface area contributed by atoms with E-state index in [1.165, 1.54) is 0 Å². The third-order valence-corrected chi connectivity index (χ3v) is 1.21. The minimum Gasteiger partial charge on any atom is -0.466 e. The van der Waals surface area contributed by atoms with Crippen LogP contribution < -0.4 is 4.84 Å². The van der Waals surface area contributed by atoms with Gasteiger partial charge in [-0.2, -0.15) is 0 Å².